The molecule has 0 radical (unpaired) electrons. The summed E-state index contributed by atoms with van der Waals surface area (Å²) >= 11 is 5.81. The molecule has 2 nitrogen and oxygen atoms in total. The molecule has 1 aromatic carbocycles. The van der Waals surface area contributed by atoms with Gasteiger partial charge in [-0.15, -0.1) is 0 Å². The van der Waals surface area contributed by atoms with Crippen LogP contribution in [0.25, 0.3) is 0 Å². The van der Waals surface area contributed by atoms with E-state index in [4.69, 9.17) is 16.4 Å². The van der Waals surface area contributed by atoms with Gasteiger partial charge in [-0.05, 0) is 23.8 Å². The average Bonchev–Trinajstić information content (AvgIpc) is 2.04. The monoisotopic (exact) mass is 169 g/mol. The van der Waals surface area contributed by atoms with Crippen LogP contribution in [0.3, 0.4) is 0 Å². The standard InChI is InChI=1S/C8H8ClNO/c9-7-1-2-8-6(5-7)3-4-11-10-8/h1-2,5,10H,3-4H2. The zero-order valence-corrected chi connectivity index (χ0v) is 6.69. The van der Waals surface area contributed by atoms with E-state index in [1.54, 1.807) is 0 Å². The highest BCUT2D eigenvalue weighted by atomic mass is 35.5. The van der Waals surface area contributed by atoms with Gasteiger partial charge >= 0.3 is 0 Å². The first-order valence-corrected chi connectivity index (χ1v) is 3.90. The smallest absolute Gasteiger partial charge is 0.0787 e. The molecule has 1 aromatic rings. The van der Waals surface area contributed by atoms with Crippen molar-refractivity contribution in [3.05, 3.63) is 28.8 Å². The molecular weight excluding hydrogens is 162 g/mol. The maximum absolute atomic E-state index is 5.81. The first kappa shape index (κ1) is 6.95. The van der Waals surface area contributed by atoms with Gasteiger partial charge in [-0.1, -0.05) is 11.6 Å². The van der Waals surface area contributed by atoms with Crippen LogP contribution in [0.1, 0.15) is 5.56 Å². The molecule has 0 bridgehead atoms. The molecule has 0 atom stereocenters. The third kappa shape index (κ3) is 1.32. The van der Waals surface area contributed by atoms with Crippen LogP contribution in [0.5, 0.6) is 0 Å². The minimum atomic E-state index is 0.716. The van der Waals surface area contributed by atoms with Crippen LogP contribution in [-0.4, -0.2) is 6.61 Å². The highest BCUT2D eigenvalue weighted by Gasteiger charge is 2.07. The number of fused-ring (bicyclic) bond motifs is 1. The Labute approximate surface area is 70.1 Å². The van der Waals surface area contributed by atoms with Crippen LogP contribution >= 0.6 is 11.6 Å². The van der Waals surface area contributed by atoms with Crippen LogP contribution in [0.2, 0.25) is 5.02 Å². The summed E-state index contributed by atoms with van der Waals surface area (Å²) in [4.78, 5) is 5.04. The number of nitrogens with one attached hydrogen (secondary N) is 1. The van der Waals surface area contributed by atoms with Crippen molar-refractivity contribution in [1.29, 1.82) is 0 Å². The first-order valence-electron chi connectivity index (χ1n) is 3.52. The highest BCUT2D eigenvalue weighted by Crippen LogP contribution is 2.23. The molecule has 0 fully saturated rings. The lowest BCUT2D eigenvalue weighted by Crippen LogP contribution is -2.13. The van der Waals surface area contributed by atoms with Gasteiger partial charge in [0.25, 0.3) is 0 Å². The molecule has 2 rings (SSSR count). The average molecular weight is 170 g/mol. The van der Waals surface area contributed by atoms with Crippen molar-refractivity contribution in [1.82, 2.24) is 0 Å². The van der Waals surface area contributed by atoms with Gasteiger partial charge in [-0.2, -0.15) is 0 Å². The molecule has 11 heavy (non-hydrogen) atoms. The van der Waals surface area contributed by atoms with Crippen molar-refractivity contribution in [2.45, 2.75) is 6.42 Å². The minimum Gasteiger partial charge on any atom is -0.276 e. The first-order chi connectivity index (χ1) is 5.36. The topological polar surface area (TPSA) is 21.3 Å². The molecule has 0 aliphatic carbocycles. The number of rotatable bonds is 0. The Hall–Kier alpha value is -0.730. The lowest BCUT2D eigenvalue weighted by atomic mass is 10.1. The summed E-state index contributed by atoms with van der Waals surface area (Å²) in [6, 6.07) is 5.74. The van der Waals surface area contributed by atoms with E-state index >= 15 is 0 Å². The van der Waals surface area contributed by atoms with Crippen molar-refractivity contribution >= 4 is 17.3 Å². The molecule has 0 spiro atoms. The maximum Gasteiger partial charge on any atom is 0.0787 e. The van der Waals surface area contributed by atoms with Crippen molar-refractivity contribution in [2.24, 2.45) is 0 Å². The van der Waals surface area contributed by atoms with Crippen molar-refractivity contribution < 1.29 is 4.84 Å². The molecule has 0 saturated carbocycles. The van der Waals surface area contributed by atoms with Gasteiger partial charge in [0.2, 0.25) is 0 Å². The van der Waals surface area contributed by atoms with Gasteiger partial charge in [0.05, 0.1) is 12.3 Å². The normalized spacial score (nSPS) is 15.4. The van der Waals surface area contributed by atoms with E-state index in [1.165, 1.54) is 5.56 Å². The number of hydrogen-bond acceptors (Lipinski definition) is 2. The fraction of sp³-hybridized carbons (Fsp3) is 0.250. The Morgan fingerprint density at radius 2 is 2.36 bits per heavy atom. The molecule has 0 unspecified atom stereocenters. The van der Waals surface area contributed by atoms with Gasteiger partial charge in [-0.25, -0.2) is 0 Å². The zero-order valence-electron chi connectivity index (χ0n) is 5.93. The Bertz CT molecular complexity index is 275. The highest BCUT2D eigenvalue weighted by molar-refractivity contribution is 6.30. The second-order valence-electron chi connectivity index (χ2n) is 2.50. The minimum absolute atomic E-state index is 0.716. The quantitative estimate of drug-likeness (QED) is 0.643. The lowest BCUT2D eigenvalue weighted by molar-refractivity contribution is 0.187. The molecule has 0 amide bonds. The number of anilines is 1. The third-order valence-corrected chi connectivity index (χ3v) is 1.96. The number of halogens is 1. The summed E-state index contributed by atoms with van der Waals surface area (Å²) in [6.45, 7) is 0.716. The summed E-state index contributed by atoms with van der Waals surface area (Å²) in [5.74, 6) is 0. The van der Waals surface area contributed by atoms with E-state index in [0.29, 0.717) is 6.61 Å². The van der Waals surface area contributed by atoms with Crippen molar-refractivity contribution in [3.8, 4) is 0 Å². The molecule has 58 valence electrons. The van der Waals surface area contributed by atoms with E-state index in [-0.39, 0.29) is 0 Å². The predicted molar refractivity (Wildman–Crippen MR) is 44.7 cm³/mol. The summed E-state index contributed by atoms with van der Waals surface area (Å²) in [5.41, 5.74) is 5.09. The Balaban J connectivity index is 2.43. The molecule has 1 aliphatic heterocycles. The largest absolute Gasteiger partial charge is 0.276 e. The number of hydrogen-bond donors (Lipinski definition) is 1. The molecule has 1 heterocycles. The van der Waals surface area contributed by atoms with Crippen molar-refractivity contribution in [2.75, 3.05) is 12.1 Å². The van der Waals surface area contributed by atoms with Gasteiger partial charge in [0.1, 0.15) is 0 Å². The van der Waals surface area contributed by atoms with Crippen LogP contribution < -0.4 is 5.48 Å². The van der Waals surface area contributed by atoms with Gasteiger partial charge in [0, 0.05) is 11.4 Å². The van der Waals surface area contributed by atoms with E-state index in [9.17, 15) is 0 Å². The summed E-state index contributed by atoms with van der Waals surface area (Å²) in [6.07, 6.45) is 0.933. The predicted octanol–water partition coefficient (Wildman–Crippen LogP) is 2.24. The van der Waals surface area contributed by atoms with E-state index in [2.05, 4.69) is 5.48 Å². The summed E-state index contributed by atoms with van der Waals surface area (Å²) < 4.78 is 0. The second kappa shape index (κ2) is 2.72. The molecule has 0 saturated heterocycles. The molecule has 0 aromatic heterocycles. The van der Waals surface area contributed by atoms with Gasteiger partial charge < -0.3 is 0 Å². The van der Waals surface area contributed by atoms with Crippen LogP contribution in [-0.2, 0) is 11.3 Å². The fourth-order valence-electron chi connectivity index (χ4n) is 1.16. The zero-order chi connectivity index (χ0) is 7.68. The van der Waals surface area contributed by atoms with Gasteiger partial charge in [0.15, 0.2) is 0 Å². The maximum atomic E-state index is 5.81. The molecular formula is C8H8ClNO. The summed E-state index contributed by atoms with van der Waals surface area (Å²) in [7, 11) is 0. The lowest BCUT2D eigenvalue weighted by Gasteiger charge is -2.17. The number of benzene rings is 1. The van der Waals surface area contributed by atoms with E-state index < -0.39 is 0 Å². The van der Waals surface area contributed by atoms with Crippen LogP contribution in [0, 0.1) is 0 Å². The van der Waals surface area contributed by atoms with Crippen LogP contribution in [0.15, 0.2) is 18.2 Å². The summed E-state index contributed by atoms with van der Waals surface area (Å²) in [5, 5.41) is 0.785. The van der Waals surface area contributed by atoms with Gasteiger partial charge in [-0.3, -0.25) is 10.3 Å². The molecule has 1 N–H and O–H groups in total. The Kier molecular flexibility index (Phi) is 1.72. The van der Waals surface area contributed by atoms with Crippen molar-refractivity contribution in [3.63, 3.8) is 0 Å². The Morgan fingerprint density at radius 3 is 3.27 bits per heavy atom. The Morgan fingerprint density at radius 1 is 1.45 bits per heavy atom. The molecule has 1 aliphatic rings. The van der Waals surface area contributed by atoms with Crippen LogP contribution in [0.4, 0.5) is 5.69 Å². The third-order valence-electron chi connectivity index (χ3n) is 1.72. The second-order valence-corrected chi connectivity index (χ2v) is 2.94. The van der Waals surface area contributed by atoms with E-state index in [0.717, 1.165) is 17.1 Å². The fourth-order valence-corrected chi connectivity index (χ4v) is 1.35. The molecule has 3 heteroatoms. The van der Waals surface area contributed by atoms with E-state index in [1.807, 2.05) is 18.2 Å². The SMILES string of the molecule is Clc1ccc2c(c1)CCON2.